The topological polar surface area (TPSA) is 35.6 Å². The normalized spacial score (nSPS) is 11.9. The van der Waals surface area contributed by atoms with Crippen molar-refractivity contribution in [2.75, 3.05) is 0 Å². The maximum atomic E-state index is 5.61. The maximum absolute atomic E-state index is 5.61. The molecule has 0 saturated heterocycles. The molecule has 72 heavy (non-hydrogen) atoms. The van der Waals surface area contributed by atoms with Crippen molar-refractivity contribution in [1.82, 2.24) is 19.1 Å². The zero-order chi connectivity index (χ0) is 47.3. The summed E-state index contributed by atoms with van der Waals surface area (Å²) in [5.74, 6) is 0.627. The zero-order valence-corrected chi connectivity index (χ0v) is 39.0. The molecule has 0 spiro atoms. The van der Waals surface area contributed by atoms with Gasteiger partial charge in [0.15, 0.2) is 0 Å². The summed E-state index contributed by atoms with van der Waals surface area (Å²) in [5, 5.41) is 14.3. The van der Waals surface area contributed by atoms with E-state index >= 15 is 0 Å². The Balaban J connectivity index is 0.929. The van der Waals surface area contributed by atoms with Crippen molar-refractivity contribution < 1.29 is 0 Å². The Kier molecular flexibility index (Phi) is 8.92. The molecule has 0 amide bonds. The summed E-state index contributed by atoms with van der Waals surface area (Å²) in [5.41, 5.74) is 14.2. The second kappa shape index (κ2) is 16.0. The van der Waals surface area contributed by atoms with Crippen molar-refractivity contribution >= 4 is 86.7 Å². The Morgan fingerprint density at radius 1 is 0.236 bits per heavy atom. The van der Waals surface area contributed by atoms with Gasteiger partial charge in [0.05, 0.1) is 33.5 Å². The van der Waals surface area contributed by atoms with Crippen LogP contribution in [0.4, 0.5) is 0 Å². The number of hydrogen-bond acceptors (Lipinski definition) is 2. The summed E-state index contributed by atoms with van der Waals surface area (Å²) in [6.45, 7) is 0. The lowest BCUT2D eigenvalue weighted by atomic mass is 9.93. The van der Waals surface area contributed by atoms with E-state index in [2.05, 4.69) is 264 Å². The van der Waals surface area contributed by atoms with E-state index in [0.717, 1.165) is 71.9 Å². The Hall–Kier alpha value is -9.64. The summed E-state index contributed by atoms with van der Waals surface area (Å²) in [7, 11) is 0. The van der Waals surface area contributed by atoms with Gasteiger partial charge in [0.1, 0.15) is 0 Å². The average Bonchev–Trinajstić information content (AvgIpc) is 3.97. The van der Waals surface area contributed by atoms with Crippen LogP contribution < -0.4 is 0 Å². The van der Waals surface area contributed by atoms with E-state index in [9.17, 15) is 0 Å². The second-order valence-corrected chi connectivity index (χ2v) is 18.9. The smallest absolute Gasteiger partial charge is 0.235 e. The summed E-state index contributed by atoms with van der Waals surface area (Å²) in [4.78, 5) is 11.2. The van der Waals surface area contributed by atoms with Gasteiger partial charge >= 0.3 is 0 Å². The third kappa shape index (κ3) is 6.26. The van der Waals surface area contributed by atoms with Crippen LogP contribution in [0.15, 0.2) is 255 Å². The van der Waals surface area contributed by atoms with E-state index in [1.165, 1.54) is 65.3 Å². The summed E-state index contributed by atoms with van der Waals surface area (Å²) >= 11 is 0. The molecule has 0 saturated carbocycles. The lowest BCUT2D eigenvalue weighted by Crippen LogP contribution is -2.04. The molecule has 0 radical (unpaired) electrons. The van der Waals surface area contributed by atoms with Crippen LogP contribution in [0.25, 0.3) is 143 Å². The fourth-order valence-electron chi connectivity index (χ4n) is 11.6. The van der Waals surface area contributed by atoms with Gasteiger partial charge in [-0.2, -0.15) is 0 Å². The summed E-state index contributed by atoms with van der Waals surface area (Å²) in [6, 6.07) is 92.3. The molecule has 12 aromatic carbocycles. The average molecular weight is 915 g/mol. The molecular weight excluding hydrogens is 873 g/mol. The summed E-state index contributed by atoms with van der Waals surface area (Å²) in [6.07, 6.45) is 0. The van der Waals surface area contributed by atoms with Crippen molar-refractivity contribution in [1.29, 1.82) is 0 Å². The van der Waals surface area contributed by atoms with Crippen molar-refractivity contribution in [2.24, 2.45) is 0 Å². The Morgan fingerprint density at radius 2 is 0.625 bits per heavy atom. The minimum absolute atomic E-state index is 0.627. The molecule has 0 aliphatic rings. The van der Waals surface area contributed by atoms with Gasteiger partial charge in [0.25, 0.3) is 0 Å². The van der Waals surface area contributed by atoms with Crippen LogP contribution in [0.3, 0.4) is 0 Å². The van der Waals surface area contributed by atoms with Crippen molar-refractivity contribution in [3.8, 4) is 56.4 Å². The van der Waals surface area contributed by atoms with E-state index in [-0.39, 0.29) is 0 Å². The third-order valence-corrected chi connectivity index (χ3v) is 14.9. The highest BCUT2D eigenvalue weighted by molar-refractivity contribution is 6.16. The van der Waals surface area contributed by atoms with Gasteiger partial charge in [-0.15, -0.1) is 0 Å². The standard InChI is InChI=1S/C68H42N4/c1-2-16-43(17-3-1)44-30-34-49(35-31-44)71-64-28-14-12-26-56(64)60-38-45(32-36-66(60)71)46-33-37-67-61(39-46)57-27-13-15-29-65(57)72(67)68-69-62(58-40-47-18-4-6-20-50(47)52-22-8-10-24-54(52)58)42-63(70-68)59-41-48-19-5-7-21-51(48)53-23-9-11-25-55(53)59/h1-42H. The van der Waals surface area contributed by atoms with Gasteiger partial charge in [-0.05, 0) is 132 Å². The third-order valence-electron chi connectivity index (χ3n) is 14.9. The lowest BCUT2D eigenvalue weighted by molar-refractivity contribution is 0.997. The molecule has 3 heterocycles. The maximum Gasteiger partial charge on any atom is 0.235 e. The van der Waals surface area contributed by atoms with Crippen LogP contribution in [0.5, 0.6) is 0 Å². The second-order valence-electron chi connectivity index (χ2n) is 18.9. The number of aromatic nitrogens is 4. The number of benzene rings is 12. The molecule has 0 fully saturated rings. The predicted octanol–water partition coefficient (Wildman–Crippen LogP) is 18.0. The van der Waals surface area contributed by atoms with Crippen molar-refractivity contribution in [2.45, 2.75) is 0 Å². The number of hydrogen-bond donors (Lipinski definition) is 0. The Bertz CT molecular complexity index is 4540. The highest BCUT2D eigenvalue weighted by atomic mass is 15.2. The first-order valence-electron chi connectivity index (χ1n) is 24.6. The van der Waals surface area contributed by atoms with Crippen LogP contribution in [0, 0.1) is 0 Å². The van der Waals surface area contributed by atoms with E-state index in [0.29, 0.717) is 5.95 Å². The van der Waals surface area contributed by atoms with Gasteiger partial charge in [0, 0.05) is 38.4 Å². The first kappa shape index (κ1) is 40.3. The number of nitrogens with zero attached hydrogens (tertiary/aromatic N) is 4. The Labute approximate surface area is 415 Å². The first-order valence-corrected chi connectivity index (χ1v) is 24.6. The van der Waals surface area contributed by atoms with E-state index in [1.807, 2.05) is 0 Å². The van der Waals surface area contributed by atoms with Crippen LogP contribution in [0.2, 0.25) is 0 Å². The molecule has 3 aromatic heterocycles. The van der Waals surface area contributed by atoms with Gasteiger partial charge in [-0.1, -0.05) is 188 Å². The van der Waals surface area contributed by atoms with Gasteiger partial charge in [0.2, 0.25) is 5.95 Å². The molecule has 15 aromatic rings. The summed E-state index contributed by atoms with van der Waals surface area (Å²) < 4.78 is 4.66. The van der Waals surface area contributed by atoms with Gasteiger partial charge in [-0.3, -0.25) is 4.57 Å². The molecule has 0 aliphatic carbocycles. The van der Waals surface area contributed by atoms with E-state index in [4.69, 9.17) is 9.97 Å². The molecule has 0 N–H and O–H groups in total. The Morgan fingerprint density at radius 3 is 1.17 bits per heavy atom. The van der Waals surface area contributed by atoms with Crippen LogP contribution in [0.1, 0.15) is 0 Å². The highest BCUT2D eigenvalue weighted by Crippen LogP contribution is 2.42. The molecule has 4 heteroatoms. The highest BCUT2D eigenvalue weighted by Gasteiger charge is 2.21. The minimum Gasteiger partial charge on any atom is -0.309 e. The predicted molar refractivity (Wildman–Crippen MR) is 302 cm³/mol. The van der Waals surface area contributed by atoms with Crippen LogP contribution in [-0.2, 0) is 0 Å². The molecule has 15 rings (SSSR count). The molecular formula is C68H42N4. The fraction of sp³-hybridized carbons (Fsp3) is 0. The number of rotatable bonds is 6. The fourth-order valence-corrected chi connectivity index (χ4v) is 11.6. The van der Waals surface area contributed by atoms with Crippen molar-refractivity contribution in [3.63, 3.8) is 0 Å². The van der Waals surface area contributed by atoms with E-state index in [1.54, 1.807) is 0 Å². The molecule has 4 nitrogen and oxygen atoms in total. The van der Waals surface area contributed by atoms with Gasteiger partial charge in [-0.25, -0.2) is 9.97 Å². The largest absolute Gasteiger partial charge is 0.309 e. The molecule has 0 unspecified atom stereocenters. The minimum atomic E-state index is 0.627. The van der Waals surface area contributed by atoms with Crippen LogP contribution >= 0.6 is 0 Å². The number of para-hydroxylation sites is 2. The zero-order valence-electron chi connectivity index (χ0n) is 39.0. The molecule has 0 atom stereocenters. The first-order chi connectivity index (χ1) is 35.7. The molecule has 0 aliphatic heterocycles. The SMILES string of the molecule is c1ccc(-c2ccc(-n3c4ccccc4c4cc(-c5ccc6c(c5)c5ccccc5n6-c5nc(-c6cc7ccccc7c7ccccc67)cc(-c6cc7ccccc7c7ccccc67)n5)ccc43)cc2)cc1. The van der Waals surface area contributed by atoms with E-state index < -0.39 is 0 Å². The number of fused-ring (bicyclic) bond motifs is 12. The monoisotopic (exact) mass is 914 g/mol. The quantitative estimate of drug-likeness (QED) is 0.156. The molecule has 334 valence electrons. The lowest BCUT2D eigenvalue weighted by Gasteiger charge is -2.16. The van der Waals surface area contributed by atoms with Gasteiger partial charge < -0.3 is 4.57 Å². The van der Waals surface area contributed by atoms with Crippen molar-refractivity contribution in [3.05, 3.63) is 255 Å². The molecule has 0 bridgehead atoms. The van der Waals surface area contributed by atoms with Crippen LogP contribution in [-0.4, -0.2) is 19.1 Å².